The molecule has 3 aliphatic heterocycles. The molecule has 2 heteroatoms. The fourth-order valence-corrected chi connectivity index (χ4v) is 4.23. The number of nitrogens with zero attached hydrogens (tertiary/aromatic N) is 1. The first kappa shape index (κ1) is 10.8. The van der Waals surface area contributed by atoms with Crippen LogP contribution in [0.3, 0.4) is 0 Å². The van der Waals surface area contributed by atoms with E-state index in [9.17, 15) is 0 Å². The molecular formula is C16H17NS. The Balaban J connectivity index is 1.79. The lowest BCUT2D eigenvalue weighted by Gasteiger charge is -2.30. The molecule has 4 rings (SSSR count). The predicted molar refractivity (Wildman–Crippen MR) is 78.1 cm³/mol. The molecule has 92 valence electrons. The summed E-state index contributed by atoms with van der Waals surface area (Å²) >= 11 is 1.79. The third-order valence-electron chi connectivity index (χ3n) is 4.63. The van der Waals surface area contributed by atoms with Crippen LogP contribution in [0, 0.1) is 0 Å². The smallest absolute Gasteiger partial charge is 0.0284 e. The van der Waals surface area contributed by atoms with Crippen LogP contribution >= 0.6 is 11.3 Å². The number of hydrogen-bond acceptors (Lipinski definition) is 2. The summed E-state index contributed by atoms with van der Waals surface area (Å²) in [6, 6.07) is 8.25. The Hall–Kier alpha value is -1.12. The van der Waals surface area contributed by atoms with Crippen molar-refractivity contribution in [1.29, 1.82) is 0 Å². The molecule has 0 aromatic carbocycles. The molecule has 0 aromatic heterocycles. The van der Waals surface area contributed by atoms with Gasteiger partial charge in [0.15, 0.2) is 0 Å². The van der Waals surface area contributed by atoms with Crippen molar-refractivity contribution in [2.75, 3.05) is 7.05 Å². The molecule has 0 radical (unpaired) electrons. The molecule has 2 bridgehead atoms. The van der Waals surface area contributed by atoms with Gasteiger partial charge in [0, 0.05) is 12.1 Å². The normalized spacial score (nSPS) is 27.7. The summed E-state index contributed by atoms with van der Waals surface area (Å²) in [4.78, 5) is 2.55. The Morgan fingerprint density at radius 1 is 1.17 bits per heavy atom. The van der Waals surface area contributed by atoms with Gasteiger partial charge < -0.3 is 0 Å². The molecule has 0 N–H and O–H groups in total. The van der Waals surface area contributed by atoms with E-state index in [4.69, 9.17) is 0 Å². The van der Waals surface area contributed by atoms with Gasteiger partial charge in [-0.25, -0.2) is 0 Å². The van der Waals surface area contributed by atoms with Gasteiger partial charge in [-0.15, -0.1) is 0 Å². The monoisotopic (exact) mass is 255 g/mol. The second kappa shape index (κ2) is 3.94. The maximum absolute atomic E-state index is 2.55. The van der Waals surface area contributed by atoms with E-state index in [1.807, 2.05) is 0 Å². The van der Waals surface area contributed by atoms with Gasteiger partial charge in [-0.05, 0) is 65.4 Å². The van der Waals surface area contributed by atoms with E-state index >= 15 is 0 Å². The quantitative estimate of drug-likeness (QED) is 0.741. The van der Waals surface area contributed by atoms with Crippen LogP contribution in [-0.2, 0) is 0 Å². The Bertz CT molecular complexity index is 583. The van der Waals surface area contributed by atoms with Crippen LogP contribution in [0.25, 0.3) is 16.7 Å². The summed E-state index contributed by atoms with van der Waals surface area (Å²) in [6.45, 7) is 0. The lowest BCUT2D eigenvalue weighted by molar-refractivity contribution is 0.264. The molecule has 1 saturated heterocycles. The summed E-state index contributed by atoms with van der Waals surface area (Å²) in [7, 11) is 2.28. The van der Waals surface area contributed by atoms with Gasteiger partial charge in [0.25, 0.3) is 0 Å². The van der Waals surface area contributed by atoms with E-state index in [2.05, 4.69) is 47.0 Å². The molecule has 3 heterocycles. The SMILES string of the molecule is CN1C2C=C(c3ccc4ccscc3-4)CC1CC2. The first-order valence-electron chi connectivity index (χ1n) is 6.71. The van der Waals surface area contributed by atoms with Crippen LogP contribution in [0.4, 0.5) is 0 Å². The Morgan fingerprint density at radius 3 is 3.00 bits per heavy atom. The fraction of sp³-hybridized carbons (Fsp3) is 0.375. The number of fused-ring (bicyclic) bond motifs is 3. The van der Waals surface area contributed by atoms with Gasteiger partial charge >= 0.3 is 0 Å². The summed E-state index contributed by atoms with van der Waals surface area (Å²) in [6.07, 6.45) is 6.44. The van der Waals surface area contributed by atoms with E-state index in [-0.39, 0.29) is 0 Å². The summed E-state index contributed by atoms with van der Waals surface area (Å²) < 4.78 is 0. The largest absolute Gasteiger partial charge is 0.297 e. The zero-order valence-electron chi connectivity index (χ0n) is 10.6. The van der Waals surface area contributed by atoms with E-state index in [0.717, 1.165) is 6.04 Å². The summed E-state index contributed by atoms with van der Waals surface area (Å²) in [5.41, 5.74) is 5.88. The van der Waals surface area contributed by atoms with Crippen LogP contribution in [-0.4, -0.2) is 24.0 Å². The van der Waals surface area contributed by atoms with Gasteiger partial charge in [-0.2, -0.15) is 11.3 Å². The Kier molecular flexibility index (Phi) is 2.36. The lowest BCUT2D eigenvalue weighted by atomic mass is 9.94. The molecule has 18 heavy (non-hydrogen) atoms. The van der Waals surface area contributed by atoms with Crippen LogP contribution in [0.2, 0.25) is 0 Å². The second-order valence-electron chi connectivity index (χ2n) is 5.53. The zero-order valence-corrected chi connectivity index (χ0v) is 11.4. The van der Waals surface area contributed by atoms with Gasteiger partial charge in [0.2, 0.25) is 0 Å². The van der Waals surface area contributed by atoms with Crippen LogP contribution in [0.1, 0.15) is 24.8 Å². The zero-order chi connectivity index (χ0) is 12.1. The lowest BCUT2D eigenvalue weighted by Crippen LogP contribution is -2.34. The first-order valence-corrected chi connectivity index (χ1v) is 7.65. The molecule has 0 saturated carbocycles. The van der Waals surface area contributed by atoms with Crippen molar-refractivity contribution in [2.24, 2.45) is 0 Å². The van der Waals surface area contributed by atoms with Crippen LogP contribution in [0.15, 0.2) is 35.0 Å². The standard InChI is InChI=1S/C16H17NS/c1-17-13-3-4-14(17)9-12(8-13)15-5-2-11-6-7-18-10-16(11)15/h2,5-8,10,13-14H,3-4,9H2,1H3. The van der Waals surface area contributed by atoms with E-state index in [1.165, 1.54) is 36.0 Å². The molecule has 2 atom stereocenters. The van der Waals surface area contributed by atoms with Crippen molar-refractivity contribution in [3.8, 4) is 11.1 Å². The number of likely N-dealkylation sites (N-methyl/N-ethyl adjacent to an activating group) is 1. The van der Waals surface area contributed by atoms with Crippen molar-refractivity contribution in [3.05, 3.63) is 40.6 Å². The van der Waals surface area contributed by atoms with Gasteiger partial charge in [-0.3, -0.25) is 4.90 Å². The minimum Gasteiger partial charge on any atom is -0.297 e. The van der Waals surface area contributed by atoms with Gasteiger partial charge in [0.05, 0.1) is 0 Å². The average Bonchev–Trinajstić information content (AvgIpc) is 2.88. The highest BCUT2D eigenvalue weighted by atomic mass is 32.1. The summed E-state index contributed by atoms with van der Waals surface area (Å²) in [5, 5.41) is 4.46. The number of hydrogen-bond donors (Lipinski definition) is 0. The minimum atomic E-state index is 0.677. The van der Waals surface area contributed by atoms with Crippen molar-refractivity contribution in [2.45, 2.75) is 31.3 Å². The highest BCUT2D eigenvalue weighted by Crippen LogP contribution is 2.41. The Morgan fingerprint density at radius 2 is 2.11 bits per heavy atom. The van der Waals surface area contributed by atoms with Crippen LogP contribution < -0.4 is 0 Å². The van der Waals surface area contributed by atoms with Crippen molar-refractivity contribution in [3.63, 3.8) is 0 Å². The average molecular weight is 255 g/mol. The second-order valence-corrected chi connectivity index (χ2v) is 6.31. The highest BCUT2D eigenvalue weighted by molar-refractivity contribution is 7.08. The van der Waals surface area contributed by atoms with Gasteiger partial charge in [-0.1, -0.05) is 18.2 Å². The van der Waals surface area contributed by atoms with E-state index < -0.39 is 0 Å². The molecular weight excluding hydrogens is 238 g/mol. The van der Waals surface area contributed by atoms with Crippen molar-refractivity contribution >= 4 is 16.9 Å². The molecule has 0 amide bonds. The van der Waals surface area contributed by atoms with E-state index in [1.54, 1.807) is 16.9 Å². The topological polar surface area (TPSA) is 3.24 Å². The molecule has 0 aromatic rings. The maximum atomic E-state index is 2.55. The molecule has 2 unspecified atom stereocenters. The van der Waals surface area contributed by atoms with Gasteiger partial charge in [0.1, 0.15) is 0 Å². The highest BCUT2D eigenvalue weighted by Gasteiger charge is 2.34. The third-order valence-corrected chi connectivity index (χ3v) is 5.30. The minimum absolute atomic E-state index is 0.677. The third kappa shape index (κ3) is 1.49. The molecule has 1 fully saturated rings. The van der Waals surface area contributed by atoms with E-state index in [0.29, 0.717) is 6.04 Å². The van der Waals surface area contributed by atoms with Crippen molar-refractivity contribution in [1.82, 2.24) is 4.90 Å². The molecule has 1 nitrogen and oxygen atoms in total. The maximum Gasteiger partial charge on any atom is 0.0284 e. The van der Waals surface area contributed by atoms with Crippen molar-refractivity contribution < 1.29 is 0 Å². The molecule has 0 spiro atoms. The first-order chi connectivity index (χ1) is 8.83. The predicted octanol–water partition coefficient (Wildman–Crippen LogP) is 4.10. The van der Waals surface area contributed by atoms with Crippen LogP contribution in [0.5, 0.6) is 0 Å². The Labute approximate surface area is 112 Å². The fourth-order valence-electron chi connectivity index (χ4n) is 3.53. The molecule has 4 aliphatic rings. The summed E-state index contributed by atoms with van der Waals surface area (Å²) in [5.74, 6) is 0. The molecule has 1 aliphatic carbocycles. The number of rotatable bonds is 1.